The first-order valence-corrected chi connectivity index (χ1v) is 6.03. The van der Waals surface area contributed by atoms with Crippen molar-refractivity contribution in [1.82, 2.24) is 19.7 Å². The standard InChI is InChI=1S/C10H19N5S/c1-13(2)8-5-4-6-15(7-8)9-11-12-10(16)14(9)3/h8H,4-7H2,1-3H3,(H,12,16). The van der Waals surface area contributed by atoms with E-state index in [-0.39, 0.29) is 0 Å². The summed E-state index contributed by atoms with van der Waals surface area (Å²) in [5.74, 6) is 0.955. The van der Waals surface area contributed by atoms with Gasteiger partial charge in [-0.25, -0.2) is 5.10 Å². The lowest BCUT2D eigenvalue weighted by Gasteiger charge is -2.36. The molecule has 6 heteroatoms. The lowest BCUT2D eigenvalue weighted by Crippen LogP contribution is -2.46. The molecule has 1 aliphatic rings. The van der Waals surface area contributed by atoms with Crippen LogP contribution in [0.3, 0.4) is 0 Å². The molecule has 2 rings (SSSR count). The number of rotatable bonds is 2. The first kappa shape index (κ1) is 11.6. The van der Waals surface area contributed by atoms with Crippen molar-refractivity contribution in [2.45, 2.75) is 18.9 Å². The normalized spacial score (nSPS) is 21.8. The number of aromatic nitrogens is 3. The van der Waals surface area contributed by atoms with Crippen LogP contribution in [0.4, 0.5) is 5.95 Å². The highest BCUT2D eigenvalue weighted by atomic mass is 32.1. The van der Waals surface area contributed by atoms with E-state index in [1.54, 1.807) is 0 Å². The molecule has 2 heterocycles. The molecule has 1 aromatic rings. The molecule has 16 heavy (non-hydrogen) atoms. The fourth-order valence-corrected chi connectivity index (χ4v) is 2.31. The summed E-state index contributed by atoms with van der Waals surface area (Å²) in [6, 6.07) is 0.610. The lowest BCUT2D eigenvalue weighted by atomic mass is 10.1. The number of hydrogen-bond acceptors (Lipinski definition) is 4. The van der Waals surface area contributed by atoms with Crippen LogP contribution in [-0.4, -0.2) is 52.9 Å². The molecule has 1 unspecified atom stereocenters. The third-order valence-corrected chi connectivity index (χ3v) is 3.63. The third-order valence-electron chi connectivity index (χ3n) is 3.27. The molecule has 0 bridgehead atoms. The second-order valence-electron chi connectivity index (χ2n) is 4.59. The highest BCUT2D eigenvalue weighted by molar-refractivity contribution is 7.71. The average molecular weight is 241 g/mol. The number of hydrogen-bond donors (Lipinski definition) is 1. The zero-order chi connectivity index (χ0) is 11.7. The van der Waals surface area contributed by atoms with Crippen LogP contribution in [0.1, 0.15) is 12.8 Å². The molecule has 5 nitrogen and oxygen atoms in total. The van der Waals surface area contributed by atoms with Gasteiger partial charge in [0.1, 0.15) is 0 Å². The van der Waals surface area contributed by atoms with Crippen LogP contribution >= 0.6 is 12.2 Å². The van der Waals surface area contributed by atoms with Crippen LogP contribution < -0.4 is 4.90 Å². The van der Waals surface area contributed by atoms with E-state index in [0.29, 0.717) is 10.8 Å². The topological polar surface area (TPSA) is 40.1 Å². The second-order valence-corrected chi connectivity index (χ2v) is 4.98. The predicted molar refractivity (Wildman–Crippen MR) is 67.3 cm³/mol. The first-order valence-electron chi connectivity index (χ1n) is 5.62. The summed E-state index contributed by atoms with van der Waals surface area (Å²) in [6.07, 6.45) is 2.47. The van der Waals surface area contributed by atoms with Crippen LogP contribution in [0, 0.1) is 4.77 Å². The molecule has 0 aliphatic carbocycles. The maximum absolute atomic E-state index is 5.13. The molecule has 1 atom stereocenters. The molecule has 0 saturated carbocycles. The van der Waals surface area contributed by atoms with Gasteiger partial charge in [-0.3, -0.25) is 4.57 Å². The van der Waals surface area contributed by atoms with E-state index in [2.05, 4.69) is 34.1 Å². The van der Waals surface area contributed by atoms with E-state index in [0.717, 1.165) is 19.0 Å². The van der Waals surface area contributed by atoms with Crippen molar-refractivity contribution in [1.29, 1.82) is 0 Å². The van der Waals surface area contributed by atoms with Crippen molar-refractivity contribution >= 4 is 18.2 Å². The number of likely N-dealkylation sites (N-methyl/N-ethyl adjacent to an activating group) is 1. The molecule has 90 valence electrons. The Bertz CT molecular complexity index is 408. The van der Waals surface area contributed by atoms with Crippen LogP contribution in [-0.2, 0) is 7.05 Å². The van der Waals surface area contributed by atoms with Crippen molar-refractivity contribution in [2.24, 2.45) is 7.05 Å². The van der Waals surface area contributed by atoms with Crippen molar-refractivity contribution in [3.63, 3.8) is 0 Å². The van der Waals surface area contributed by atoms with Gasteiger partial charge >= 0.3 is 0 Å². The molecular formula is C10H19N5S. The van der Waals surface area contributed by atoms with Crippen molar-refractivity contribution in [3.8, 4) is 0 Å². The highest BCUT2D eigenvalue weighted by Crippen LogP contribution is 2.19. The van der Waals surface area contributed by atoms with Gasteiger partial charge < -0.3 is 9.80 Å². The Morgan fingerprint density at radius 2 is 2.25 bits per heavy atom. The quantitative estimate of drug-likeness (QED) is 0.785. The summed E-state index contributed by atoms with van der Waals surface area (Å²) in [4.78, 5) is 4.59. The smallest absolute Gasteiger partial charge is 0.225 e. The van der Waals surface area contributed by atoms with Crippen LogP contribution in [0.25, 0.3) is 0 Å². The minimum Gasteiger partial charge on any atom is -0.339 e. The van der Waals surface area contributed by atoms with Gasteiger partial charge in [0, 0.05) is 26.2 Å². The van der Waals surface area contributed by atoms with Gasteiger partial charge in [-0.2, -0.15) is 0 Å². The van der Waals surface area contributed by atoms with Gasteiger partial charge in [-0.1, -0.05) is 0 Å². The van der Waals surface area contributed by atoms with E-state index >= 15 is 0 Å². The number of aromatic amines is 1. The summed E-state index contributed by atoms with van der Waals surface area (Å²) in [5.41, 5.74) is 0. The maximum atomic E-state index is 5.13. The Kier molecular flexibility index (Phi) is 3.30. The number of nitrogens with zero attached hydrogens (tertiary/aromatic N) is 4. The Morgan fingerprint density at radius 3 is 2.81 bits per heavy atom. The van der Waals surface area contributed by atoms with E-state index in [4.69, 9.17) is 12.2 Å². The molecule has 1 fully saturated rings. The average Bonchev–Trinajstić information content (AvgIpc) is 2.60. The molecule has 0 spiro atoms. The van der Waals surface area contributed by atoms with Crippen LogP contribution in [0.5, 0.6) is 0 Å². The van der Waals surface area contributed by atoms with Gasteiger partial charge in [-0.05, 0) is 39.2 Å². The summed E-state index contributed by atoms with van der Waals surface area (Å²) >= 11 is 5.13. The zero-order valence-electron chi connectivity index (χ0n) is 10.1. The van der Waals surface area contributed by atoms with Crippen molar-refractivity contribution in [3.05, 3.63) is 4.77 Å². The molecule has 1 aliphatic heterocycles. The number of nitrogens with one attached hydrogen (secondary N) is 1. The van der Waals surface area contributed by atoms with Gasteiger partial charge in [0.25, 0.3) is 0 Å². The van der Waals surface area contributed by atoms with Gasteiger partial charge in [0.15, 0.2) is 4.77 Å². The second kappa shape index (κ2) is 4.55. The first-order chi connectivity index (χ1) is 7.59. The summed E-state index contributed by atoms with van der Waals surface area (Å²) in [6.45, 7) is 2.10. The molecule has 1 aromatic heterocycles. The minimum atomic E-state index is 0.610. The lowest BCUT2D eigenvalue weighted by molar-refractivity contribution is 0.256. The third kappa shape index (κ3) is 2.12. The summed E-state index contributed by atoms with van der Waals surface area (Å²) in [7, 11) is 6.23. The fraction of sp³-hybridized carbons (Fsp3) is 0.800. The minimum absolute atomic E-state index is 0.610. The van der Waals surface area contributed by atoms with Gasteiger partial charge in [0.05, 0.1) is 0 Å². The van der Waals surface area contributed by atoms with E-state index in [1.165, 1.54) is 12.8 Å². The molecule has 0 amide bonds. The van der Waals surface area contributed by atoms with Crippen molar-refractivity contribution in [2.75, 3.05) is 32.1 Å². The van der Waals surface area contributed by atoms with Crippen LogP contribution in [0.2, 0.25) is 0 Å². The molecule has 0 radical (unpaired) electrons. The van der Waals surface area contributed by atoms with Gasteiger partial charge in [-0.15, -0.1) is 5.10 Å². The van der Waals surface area contributed by atoms with E-state index in [1.807, 2.05) is 11.6 Å². The van der Waals surface area contributed by atoms with E-state index in [9.17, 15) is 0 Å². The Balaban J connectivity index is 2.16. The highest BCUT2D eigenvalue weighted by Gasteiger charge is 2.23. The summed E-state index contributed by atoms with van der Waals surface area (Å²) < 4.78 is 2.62. The predicted octanol–water partition coefficient (Wildman–Crippen LogP) is 1.01. The van der Waals surface area contributed by atoms with E-state index < -0.39 is 0 Å². The Morgan fingerprint density at radius 1 is 1.50 bits per heavy atom. The number of H-pyrrole nitrogens is 1. The van der Waals surface area contributed by atoms with Crippen molar-refractivity contribution < 1.29 is 0 Å². The number of anilines is 1. The molecular weight excluding hydrogens is 222 g/mol. The maximum Gasteiger partial charge on any atom is 0.225 e. The molecule has 1 N–H and O–H groups in total. The van der Waals surface area contributed by atoms with Gasteiger partial charge in [0.2, 0.25) is 5.95 Å². The fourth-order valence-electron chi connectivity index (χ4n) is 2.18. The Hall–Kier alpha value is -0.880. The zero-order valence-corrected chi connectivity index (χ0v) is 10.9. The number of piperidine rings is 1. The largest absolute Gasteiger partial charge is 0.339 e. The Labute approximate surface area is 101 Å². The summed E-state index contributed by atoms with van der Waals surface area (Å²) in [5, 5.41) is 7.12. The monoisotopic (exact) mass is 241 g/mol. The SMILES string of the molecule is CN(C)C1CCCN(c2n[nH]c(=S)n2C)C1. The molecule has 0 aromatic carbocycles. The van der Waals surface area contributed by atoms with Crippen LogP contribution in [0.15, 0.2) is 0 Å². The molecule has 1 saturated heterocycles.